The minimum Gasteiger partial charge on any atom is -0.366 e. The molecule has 6 nitrogen and oxygen atoms in total. The Hall–Kier alpha value is -3.93. The van der Waals surface area contributed by atoms with E-state index in [1.807, 2.05) is 36.5 Å². The minimum absolute atomic E-state index is 0.0452. The van der Waals surface area contributed by atoms with E-state index in [0.717, 1.165) is 34.0 Å². The van der Waals surface area contributed by atoms with Crippen LogP contribution in [0.1, 0.15) is 34.6 Å². The van der Waals surface area contributed by atoms with Crippen molar-refractivity contribution in [1.82, 2.24) is 15.0 Å². The molecule has 0 aliphatic carbocycles. The van der Waals surface area contributed by atoms with Crippen LogP contribution in [0.3, 0.4) is 0 Å². The van der Waals surface area contributed by atoms with Crippen molar-refractivity contribution in [3.8, 4) is 11.4 Å². The summed E-state index contributed by atoms with van der Waals surface area (Å²) in [6.45, 7) is 4.19. The molecule has 150 valence electrons. The maximum absolute atomic E-state index is 11.5. The second-order valence-corrected chi connectivity index (χ2v) is 7.15. The normalized spacial score (nSPS) is 11.8. The summed E-state index contributed by atoms with van der Waals surface area (Å²) in [5, 5.41) is 0. The first-order valence-electron chi connectivity index (χ1n) is 9.75. The monoisotopic (exact) mass is 397 g/mol. The summed E-state index contributed by atoms with van der Waals surface area (Å²) in [6, 6.07) is 19.5. The van der Waals surface area contributed by atoms with Crippen molar-refractivity contribution in [3.05, 3.63) is 96.1 Å². The molecule has 3 N–H and O–H groups in total. The van der Waals surface area contributed by atoms with Gasteiger partial charge in [0.25, 0.3) is 0 Å². The largest absolute Gasteiger partial charge is 0.366 e. The molecule has 0 saturated heterocycles. The smallest absolute Gasteiger partial charge is 0.248 e. The number of rotatable bonds is 6. The summed E-state index contributed by atoms with van der Waals surface area (Å²) in [4.78, 5) is 25.9. The van der Waals surface area contributed by atoms with Gasteiger partial charge in [-0.05, 0) is 61.9 Å². The highest BCUT2D eigenvalue weighted by molar-refractivity contribution is 5.93. The zero-order chi connectivity index (χ0) is 21.1. The third-order valence-electron chi connectivity index (χ3n) is 5.17. The number of hydrogen-bond acceptors (Lipinski definition) is 4. The Morgan fingerprint density at radius 3 is 2.47 bits per heavy atom. The predicted octanol–water partition coefficient (Wildman–Crippen LogP) is 4.78. The van der Waals surface area contributed by atoms with Crippen molar-refractivity contribution >= 4 is 17.3 Å². The van der Waals surface area contributed by atoms with Crippen molar-refractivity contribution in [2.45, 2.75) is 19.9 Å². The van der Waals surface area contributed by atoms with Gasteiger partial charge in [-0.15, -0.1) is 0 Å². The summed E-state index contributed by atoms with van der Waals surface area (Å²) < 4.78 is 0. The Kier molecular flexibility index (Phi) is 5.30. The van der Waals surface area contributed by atoms with Crippen molar-refractivity contribution in [2.24, 2.45) is 5.73 Å². The van der Waals surface area contributed by atoms with Gasteiger partial charge in [0, 0.05) is 41.1 Å². The number of imidazole rings is 1. The zero-order valence-electron chi connectivity index (χ0n) is 16.9. The third-order valence-corrected chi connectivity index (χ3v) is 5.17. The minimum atomic E-state index is -0.443. The summed E-state index contributed by atoms with van der Waals surface area (Å²) in [5.74, 6) is 0.368. The zero-order valence-corrected chi connectivity index (χ0v) is 16.9. The first-order valence-corrected chi connectivity index (χ1v) is 9.75. The van der Waals surface area contributed by atoms with Crippen LogP contribution in [0.25, 0.3) is 11.4 Å². The first-order chi connectivity index (χ1) is 14.5. The molecule has 0 saturated carbocycles. The second-order valence-electron chi connectivity index (χ2n) is 7.15. The van der Waals surface area contributed by atoms with Crippen LogP contribution >= 0.6 is 0 Å². The number of aromatic nitrogens is 3. The predicted molar refractivity (Wildman–Crippen MR) is 119 cm³/mol. The number of aromatic amines is 1. The molecule has 0 spiro atoms. The quantitative estimate of drug-likeness (QED) is 0.490. The Bertz CT molecular complexity index is 1140. The van der Waals surface area contributed by atoms with E-state index < -0.39 is 5.91 Å². The van der Waals surface area contributed by atoms with E-state index >= 15 is 0 Å². The molecule has 1 unspecified atom stereocenters. The molecule has 2 aromatic carbocycles. The van der Waals surface area contributed by atoms with E-state index in [4.69, 9.17) is 5.73 Å². The molecule has 2 heterocycles. The molecule has 4 aromatic rings. The van der Waals surface area contributed by atoms with Crippen LogP contribution < -0.4 is 10.6 Å². The molecule has 0 aliphatic heterocycles. The number of H-pyrrole nitrogens is 1. The van der Waals surface area contributed by atoms with Crippen LogP contribution in [0.4, 0.5) is 11.4 Å². The number of pyridine rings is 1. The molecule has 0 fully saturated rings. The van der Waals surface area contributed by atoms with E-state index in [2.05, 4.69) is 51.9 Å². The number of aryl methyl sites for hydroxylation is 1. The molecule has 0 radical (unpaired) electrons. The number of hydrogen-bond donors (Lipinski definition) is 2. The van der Waals surface area contributed by atoms with Gasteiger partial charge in [0.15, 0.2) is 0 Å². The number of anilines is 2. The number of primary amides is 1. The molecule has 0 aliphatic rings. The molecule has 30 heavy (non-hydrogen) atoms. The van der Waals surface area contributed by atoms with Gasteiger partial charge in [0.2, 0.25) is 5.91 Å². The molecule has 1 amide bonds. The number of nitrogens with two attached hydrogens (primary N) is 1. The molecule has 1 atom stereocenters. The van der Waals surface area contributed by atoms with Gasteiger partial charge < -0.3 is 15.6 Å². The van der Waals surface area contributed by atoms with Gasteiger partial charge in [0.1, 0.15) is 5.82 Å². The van der Waals surface area contributed by atoms with Crippen LogP contribution in [0.2, 0.25) is 0 Å². The number of carbonyl (C=O) groups excluding carboxylic acids is 1. The average molecular weight is 397 g/mol. The van der Waals surface area contributed by atoms with Crippen molar-refractivity contribution in [2.75, 3.05) is 4.90 Å². The van der Waals surface area contributed by atoms with Gasteiger partial charge in [-0.2, -0.15) is 0 Å². The van der Waals surface area contributed by atoms with Gasteiger partial charge in [-0.1, -0.05) is 18.2 Å². The number of nitrogens with one attached hydrogen (secondary N) is 1. The molecule has 4 rings (SSSR count). The van der Waals surface area contributed by atoms with Crippen LogP contribution in [0.5, 0.6) is 0 Å². The number of nitrogens with zero attached hydrogens (tertiary/aromatic N) is 3. The molecule has 0 bridgehead atoms. The Morgan fingerprint density at radius 2 is 1.83 bits per heavy atom. The Morgan fingerprint density at radius 1 is 1.03 bits per heavy atom. The fourth-order valence-electron chi connectivity index (χ4n) is 3.55. The van der Waals surface area contributed by atoms with E-state index in [-0.39, 0.29) is 6.04 Å². The topological polar surface area (TPSA) is 87.9 Å². The third kappa shape index (κ3) is 3.80. The van der Waals surface area contributed by atoms with Crippen LogP contribution in [0, 0.1) is 6.92 Å². The summed E-state index contributed by atoms with van der Waals surface area (Å²) in [7, 11) is 0. The fourth-order valence-corrected chi connectivity index (χ4v) is 3.55. The maximum Gasteiger partial charge on any atom is 0.248 e. The van der Waals surface area contributed by atoms with Gasteiger partial charge in [-0.3, -0.25) is 9.78 Å². The number of carbonyl (C=O) groups is 1. The number of benzene rings is 2. The van der Waals surface area contributed by atoms with Gasteiger partial charge in [-0.25, -0.2) is 4.98 Å². The number of amides is 1. The van der Waals surface area contributed by atoms with Crippen LogP contribution in [-0.4, -0.2) is 20.9 Å². The summed E-state index contributed by atoms with van der Waals surface area (Å²) in [6.07, 6.45) is 5.35. The van der Waals surface area contributed by atoms with Gasteiger partial charge in [0.05, 0.1) is 11.7 Å². The standard InChI is InChI=1S/C24H23N5O/c1-16-6-7-19(24-27-13-14-28-24)15-22(16)29(17(2)21-5-3-4-12-26-21)20-10-8-18(9-11-20)23(25)30/h3-15,17H,1-2H3,(H2,25,30)(H,27,28). The Labute approximate surface area is 175 Å². The maximum atomic E-state index is 11.5. The van der Waals surface area contributed by atoms with E-state index in [1.165, 1.54) is 0 Å². The lowest BCUT2D eigenvalue weighted by Crippen LogP contribution is -2.23. The van der Waals surface area contributed by atoms with E-state index in [0.29, 0.717) is 5.56 Å². The first kappa shape index (κ1) is 19.4. The molecular formula is C24H23N5O. The fraction of sp³-hybridized carbons (Fsp3) is 0.125. The molecule has 2 aromatic heterocycles. The van der Waals surface area contributed by atoms with Crippen molar-refractivity contribution in [3.63, 3.8) is 0 Å². The van der Waals surface area contributed by atoms with E-state index in [1.54, 1.807) is 24.5 Å². The lowest BCUT2D eigenvalue weighted by molar-refractivity contribution is 0.100. The Balaban J connectivity index is 1.85. The van der Waals surface area contributed by atoms with Crippen molar-refractivity contribution < 1.29 is 4.79 Å². The van der Waals surface area contributed by atoms with E-state index in [9.17, 15) is 4.79 Å². The highest BCUT2D eigenvalue weighted by Gasteiger charge is 2.22. The molecule has 6 heteroatoms. The summed E-state index contributed by atoms with van der Waals surface area (Å²) in [5.41, 5.74) is 10.9. The van der Waals surface area contributed by atoms with Crippen LogP contribution in [-0.2, 0) is 0 Å². The van der Waals surface area contributed by atoms with Crippen molar-refractivity contribution in [1.29, 1.82) is 0 Å². The summed E-state index contributed by atoms with van der Waals surface area (Å²) >= 11 is 0. The second kappa shape index (κ2) is 8.21. The van der Waals surface area contributed by atoms with Crippen LogP contribution in [0.15, 0.2) is 79.3 Å². The average Bonchev–Trinajstić information content (AvgIpc) is 3.31. The SMILES string of the molecule is Cc1ccc(-c2ncc[nH]2)cc1N(c1ccc(C(N)=O)cc1)C(C)c1ccccn1. The lowest BCUT2D eigenvalue weighted by Gasteiger charge is -2.33. The highest BCUT2D eigenvalue weighted by Crippen LogP contribution is 2.38. The highest BCUT2D eigenvalue weighted by atomic mass is 16.1. The molecular weight excluding hydrogens is 374 g/mol. The lowest BCUT2D eigenvalue weighted by atomic mass is 10.0. The van der Waals surface area contributed by atoms with Gasteiger partial charge >= 0.3 is 0 Å².